The van der Waals surface area contributed by atoms with Crippen LogP contribution in [0, 0.1) is 5.82 Å². The number of hydrazone groups is 1. The van der Waals surface area contributed by atoms with Crippen molar-refractivity contribution in [3.05, 3.63) is 34.6 Å². The number of ether oxygens (including phenoxy) is 2. The Labute approximate surface area is 172 Å². The van der Waals surface area contributed by atoms with Crippen LogP contribution in [0.1, 0.15) is 27.9 Å². The summed E-state index contributed by atoms with van der Waals surface area (Å²) in [5.74, 6) is -1.62. The second-order valence-corrected chi connectivity index (χ2v) is 7.37. The van der Waals surface area contributed by atoms with Gasteiger partial charge in [0.15, 0.2) is 0 Å². The van der Waals surface area contributed by atoms with Crippen LogP contribution in [0.15, 0.2) is 17.2 Å². The number of alkyl halides is 5. The van der Waals surface area contributed by atoms with Crippen molar-refractivity contribution in [2.24, 2.45) is 5.10 Å². The molecule has 3 heterocycles. The first-order valence-electron chi connectivity index (χ1n) is 9.43. The van der Waals surface area contributed by atoms with Crippen LogP contribution in [-0.2, 0) is 16.0 Å². The molecule has 1 aromatic rings. The van der Waals surface area contributed by atoms with Crippen molar-refractivity contribution >= 4 is 11.8 Å². The Morgan fingerprint density at radius 1 is 1.32 bits per heavy atom. The Hall–Kier alpha value is -2.54. The van der Waals surface area contributed by atoms with Gasteiger partial charge >= 0.3 is 6.18 Å². The fraction of sp³-hybridized carbons (Fsp3) is 0.556. The molecular weight excluding hydrogens is 434 g/mol. The van der Waals surface area contributed by atoms with Crippen LogP contribution in [0.2, 0.25) is 0 Å². The molecule has 31 heavy (non-hydrogen) atoms. The highest BCUT2D eigenvalue weighted by Gasteiger charge is 2.41. The zero-order valence-electron chi connectivity index (χ0n) is 15.9. The van der Waals surface area contributed by atoms with Crippen LogP contribution in [0.25, 0.3) is 0 Å². The molecule has 0 saturated carbocycles. The second-order valence-electron chi connectivity index (χ2n) is 7.37. The minimum atomic E-state index is -4.44. The third-order valence-electron chi connectivity index (χ3n) is 5.31. The van der Waals surface area contributed by atoms with E-state index in [1.54, 1.807) is 0 Å². The fourth-order valence-corrected chi connectivity index (χ4v) is 3.85. The van der Waals surface area contributed by atoms with Crippen molar-refractivity contribution in [1.82, 2.24) is 15.6 Å². The van der Waals surface area contributed by atoms with Crippen LogP contribution in [-0.4, -0.2) is 67.4 Å². The fourth-order valence-electron chi connectivity index (χ4n) is 3.85. The molecule has 0 aromatic heterocycles. The van der Waals surface area contributed by atoms with E-state index in [0.29, 0.717) is 0 Å². The van der Waals surface area contributed by atoms with Gasteiger partial charge in [-0.1, -0.05) is 0 Å². The molecule has 7 nitrogen and oxygen atoms in total. The molecule has 1 saturated heterocycles. The van der Waals surface area contributed by atoms with Gasteiger partial charge in [0.1, 0.15) is 5.82 Å². The Morgan fingerprint density at radius 3 is 2.77 bits per heavy atom. The smallest absolute Gasteiger partial charge is 0.401 e. The second kappa shape index (κ2) is 8.19. The SMILES string of the molecule is O=C1c2cc(C3=NNC(C(F)F)O3)cc(F)c2CN1C1CCOC[C@H]1NCC(F)(F)F. The van der Waals surface area contributed by atoms with Crippen LogP contribution in [0.5, 0.6) is 0 Å². The number of nitrogens with zero attached hydrogens (tertiary/aromatic N) is 2. The molecule has 3 atom stereocenters. The Bertz CT molecular complexity index is 894. The van der Waals surface area contributed by atoms with E-state index < -0.39 is 49.2 Å². The lowest BCUT2D eigenvalue weighted by atomic mass is 10.0. The normalized spacial score (nSPS) is 26.0. The number of fused-ring (bicyclic) bond motifs is 1. The van der Waals surface area contributed by atoms with Gasteiger partial charge < -0.3 is 19.7 Å². The molecule has 3 aliphatic heterocycles. The van der Waals surface area contributed by atoms with E-state index in [2.05, 4.69) is 15.8 Å². The predicted octanol–water partition coefficient (Wildman–Crippen LogP) is 1.96. The lowest BCUT2D eigenvalue weighted by Crippen LogP contribution is -2.56. The van der Waals surface area contributed by atoms with Gasteiger partial charge in [-0.25, -0.2) is 13.2 Å². The molecule has 1 aromatic carbocycles. The minimum absolute atomic E-state index is 0.000763. The highest BCUT2D eigenvalue weighted by Crippen LogP contribution is 2.32. The van der Waals surface area contributed by atoms with Crippen LogP contribution >= 0.6 is 0 Å². The summed E-state index contributed by atoms with van der Waals surface area (Å²) in [4.78, 5) is 14.3. The van der Waals surface area contributed by atoms with E-state index in [4.69, 9.17) is 9.47 Å². The molecule has 2 N–H and O–H groups in total. The van der Waals surface area contributed by atoms with Crippen molar-refractivity contribution in [3.8, 4) is 0 Å². The minimum Gasteiger partial charge on any atom is -0.445 e. The molecular formula is C18H18F6N4O3. The molecule has 2 unspecified atom stereocenters. The number of carbonyl (C=O) groups excluding carboxylic acids is 1. The average Bonchev–Trinajstić information content (AvgIpc) is 3.32. The monoisotopic (exact) mass is 452 g/mol. The summed E-state index contributed by atoms with van der Waals surface area (Å²) < 4.78 is 88.3. The van der Waals surface area contributed by atoms with Gasteiger partial charge in [-0.2, -0.15) is 13.2 Å². The van der Waals surface area contributed by atoms with Crippen molar-refractivity contribution in [2.75, 3.05) is 19.8 Å². The van der Waals surface area contributed by atoms with Gasteiger partial charge in [0.25, 0.3) is 12.3 Å². The Morgan fingerprint density at radius 2 is 2.10 bits per heavy atom. The molecule has 0 spiro atoms. The van der Waals surface area contributed by atoms with Crippen molar-refractivity contribution < 1.29 is 40.6 Å². The van der Waals surface area contributed by atoms with Gasteiger partial charge in [0.2, 0.25) is 12.1 Å². The van der Waals surface area contributed by atoms with E-state index >= 15 is 0 Å². The zero-order chi connectivity index (χ0) is 22.3. The molecule has 3 aliphatic rings. The maximum atomic E-state index is 14.7. The highest BCUT2D eigenvalue weighted by molar-refractivity contribution is 6.02. The van der Waals surface area contributed by atoms with Crippen molar-refractivity contribution in [2.45, 2.75) is 43.9 Å². The first kappa shape index (κ1) is 21.7. The molecule has 0 radical (unpaired) electrons. The highest BCUT2D eigenvalue weighted by atomic mass is 19.4. The molecule has 1 amide bonds. The van der Waals surface area contributed by atoms with Crippen LogP contribution in [0.3, 0.4) is 0 Å². The van der Waals surface area contributed by atoms with Gasteiger partial charge in [-0.15, -0.1) is 5.10 Å². The van der Waals surface area contributed by atoms with Crippen LogP contribution in [0.4, 0.5) is 26.3 Å². The third-order valence-corrected chi connectivity index (χ3v) is 5.31. The summed E-state index contributed by atoms with van der Waals surface area (Å²) in [6.07, 6.45) is -8.71. The molecule has 4 rings (SSSR count). The quantitative estimate of drug-likeness (QED) is 0.669. The van der Waals surface area contributed by atoms with Crippen molar-refractivity contribution in [1.29, 1.82) is 0 Å². The Kier molecular flexibility index (Phi) is 5.73. The number of hydrogen-bond acceptors (Lipinski definition) is 6. The summed E-state index contributed by atoms with van der Waals surface area (Å²) in [5.41, 5.74) is 2.14. The number of rotatable bonds is 5. The molecule has 1 fully saturated rings. The summed E-state index contributed by atoms with van der Waals surface area (Å²) in [6.45, 7) is -1.16. The average molecular weight is 452 g/mol. The summed E-state index contributed by atoms with van der Waals surface area (Å²) in [5, 5.41) is 5.97. The first-order valence-corrected chi connectivity index (χ1v) is 9.43. The number of halogens is 6. The topological polar surface area (TPSA) is 75.2 Å². The molecule has 0 bridgehead atoms. The van der Waals surface area contributed by atoms with E-state index in [1.165, 1.54) is 11.0 Å². The van der Waals surface area contributed by atoms with Gasteiger partial charge in [-0.3, -0.25) is 10.2 Å². The number of benzene rings is 1. The van der Waals surface area contributed by atoms with E-state index in [0.717, 1.165) is 6.07 Å². The largest absolute Gasteiger partial charge is 0.445 e. The lowest BCUT2D eigenvalue weighted by Gasteiger charge is -2.38. The maximum absolute atomic E-state index is 14.7. The number of amides is 1. The van der Waals surface area contributed by atoms with Crippen LogP contribution < -0.4 is 10.7 Å². The van der Waals surface area contributed by atoms with Gasteiger partial charge in [0.05, 0.1) is 31.8 Å². The summed E-state index contributed by atoms with van der Waals surface area (Å²) in [6, 6.07) is 0.887. The zero-order valence-corrected chi connectivity index (χ0v) is 15.9. The molecule has 0 aliphatic carbocycles. The summed E-state index contributed by atoms with van der Waals surface area (Å²) in [7, 11) is 0. The summed E-state index contributed by atoms with van der Waals surface area (Å²) >= 11 is 0. The van der Waals surface area contributed by atoms with E-state index in [1.807, 2.05) is 0 Å². The third kappa shape index (κ3) is 4.42. The maximum Gasteiger partial charge on any atom is 0.401 e. The molecule has 13 heteroatoms. The standard InChI is InChI=1S/C18H18F6N4O3/c19-11-4-8(15-26-27-16(31-15)14(20)21)3-9-10(11)5-28(17(9)29)13-1-2-30-6-12(13)25-7-18(22,23)24/h3-4,12-14,16,25,27H,1-2,5-7H2/t12-,13?,16?/m1/s1. The Balaban J connectivity index is 1.54. The van der Waals surface area contributed by atoms with Crippen molar-refractivity contribution in [3.63, 3.8) is 0 Å². The van der Waals surface area contributed by atoms with Gasteiger partial charge in [-0.05, 0) is 18.6 Å². The number of carbonyl (C=O) groups is 1. The number of nitrogens with one attached hydrogen (secondary N) is 2. The number of hydrogen-bond donors (Lipinski definition) is 2. The van der Waals surface area contributed by atoms with Gasteiger partial charge in [0, 0.05) is 23.3 Å². The molecule has 170 valence electrons. The first-order chi connectivity index (χ1) is 14.6. The predicted molar refractivity (Wildman–Crippen MR) is 93.9 cm³/mol. The van der Waals surface area contributed by atoms with E-state index in [-0.39, 0.29) is 48.8 Å². The van der Waals surface area contributed by atoms with E-state index in [9.17, 15) is 31.1 Å². The lowest BCUT2D eigenvalue weighted by molar-refractivity contribution is -0.129.